The normalized spacial score (nSPS) is 12.5. The predicted molar refractivity (Wildman–Crippen MR) is 59.6 cm³/mol. The molecule has 0 aliphatic heterocycles. The van der Waals surface area contributed by atoms with Crippen LogP contribution >= 0.6 is 0 Å². The molecular weight excluding hydrogens is 174 g/mol. The second-order valence-electron chi connectivity index (χ2n) is 3.61. The highest BCUT2D eigenvalue weighted by Gasteiger charge is 1.96. The highest BCUT2D eigenvalue weighted by atomic mass is 16.5. The average molecular weight is 193 g/mol. The molecule has 14 heavy (non-hydrogen) atoms. The molecule has 0 aliphatic carbocycles. The number of aryl methyl sites for hydroxylation is 1. The molecule has 0 aliphatic rings. The van der Waals surface area contributed by atoms with Gasteiger partial charge in [0.15, 0.2) is 0 Å². The van der Waals surface area contributed by atoms with E-state index < -0.39 is 0 Å². The van der Waals surface area contributed by atoms with Crippen molar-refractivity contribution < 1.29 is 4.74 Å². The van der Waals surface area contributed by atoms with Crippen molar-refractivity contribution in [3.63, 3.8) is 0 Å². The van der Waals surface area contributed by atoms with Crippen molar-refractivity contribution in [2.45, 2.75) is 32.7 Å². The maximum Gasteiger partial charge on any atom is 0.119 e. The molecule has 0 radical (unpaired) electrons. The largest absolute Gasteiger partial charge is 0.494 e. The van der Waals surface area contributed by atoms with Gasteiger partial charge in [-0.3, -0.25) is 0 Å². The molecule has 2 nitrogen and oxygen atoms in total. The Bertz CT molecular complexity index is 254. The van der Waals surface area contributed by atoms with Crippen molar-refractivity contribution in [1.82, 2.24) is 0 Å². The first kappa shape index (κ1) is 11.1. The van der Waals surface area contributed by atoms with Crippen LogP contribution in [0.3, 0.4) is 0 Å². The van der Waals surface area contributed by atoms with Crippen molar-refractivity contribution in [3.05, 3.63) is 29.8 Å². The summed E-state index contributed by atoms with van der Waals surface area (Å²) < 4.78 is 5.54. The predicted octanol–water partition coefficient (Wildman–Crippen LogP) is 2.37. The van der Waals surface area contributed by atoms with Crippen LogP contribution in [-0.4, -0.2) is 12.6 Å². The Hall–Kier alpha value is -1.02. The fraction of sp³-hybridized carbons (Fsp3) is 0.500. The van der Waals surface area contributed by atoms with Crippen LogP contribution in [0.5, 0.6) is 5.75 Å². The van der Waals surface area contributed by atoms with Crippen molar-refractivity contribution in [2.75, 3.05) is 6.61 Å². The molecule has 1 aromatic rings. The van der Waals surface area contributed by atoms with Gasteiger partial charge in [-0.15, -0.1) is 0 Å². The molecular formula is C12H19NO. The van der Waals surface area contributed by atoms with Gasteiger partial charge in [0, 0.05) is 6.04 Å². The van der Waals surface area contributed by atoms with Crippen molar-refractivity contribution in [3.8, 4) is 5.75 Å². The van der Waals surface area contributed by atoms with Gasteiger partial charge < -0.3 is 10.5 Å². The van der Waals surface area contributed by atoms with Crippen molar-refractivity contribution in [1.29, 1.82) is 0 Å². The van der Waals surface area contributed by atoms with Gasteiger partial charge in [-0.2, -0.15) is 0 Å². The summed E-state index contributed by atoms with van der Waals surface area (Å²) in [4.78, 5) is 0. The summed E-state index contributed by atoms with van der Waals surface area (Å²) in [6.45, 7) is 4.83. The van der Waals surface area contributed by atoms with Crippen LogP contribution in [0.15, 0.2) is 24.3 Å². The Morgan fingerprint density at radius 3 is 2.43 bits per heavy atom. The standard InChI is InChI=1S/C12H19NO/c1-3-11-4-6-12(7-5-11)14-9-8-10(2)13/h4-7,10H,3,8-9,13H2,1-2H3. The highest BCUT2D eigenvalue weighted by molar-refractivity contribution is 5.27. The van der Waals surface area contributed by atoms with Gasteiger partial charge in [0.05, 0.1) is 6.61 Å². The lowest BCUT2D eigenvalue weighted by atomic mass is 10.2. The molecule has 0 spiro atoms. The molecule has 1 atom stereocenters. The number of ether oxygens (including phenoxy) is 1. The zero-order valence-corrected chi connectivity index (χ0v) is 8.99. The summed E-state index contributed by atoms with van der Waals surface area (Å²) in [5, 5.41) is 0. The second-order valence-corrected chi connectivity index (χ2v) is 3.61. The van der Waals surface area contributed by atoms with Gasteiger partial charge in [0.2, 0.25) is 0 Å². The van der Waals surface area contributed by atoms with Gasteiger partial charge in [0.25, 0.3) is 0 Å². The lowest BCUT2D eigenvalue weighted by molar-refractivity contribution is 0.301. The van der Waals surface area contributed by atoms with E-state index >= 15 is 0 Å². The highest BCUT2D eigenvalue weighted by Crippen LogP contribution is 2.12. The number of nitrogens with two attached hydrogens (primary N) is 1. The summed E-state index contributed by atoms with van der Waals surface area (Å²) in [6, 6.07) is 8.44. The van der Waals surface area contributed by atoms with Gasteiger partial charge in [-0.1, -0.05) is 19.1 Å². The van der Waals surface area contributed by atoms with E-state index in [-0.39, 0.29) is 6.04 Å². The minimum Gasteiger partial charge on any atom is -0.494 e. The van der Waals surface area contributed by atoms with Crippen LogP contribution in [-0.2, 0) is 6.42 Å². The number of benzene rings is 1. The molecule has 0 aromatic heterocycles. The Kier molecular flexibility index (Phi) is 4.47. The quantitative estimate of drug-likeness (QED) is 0.779. The average Bonchev–Trinajstić information content (AvgIpc) is 2.18. The van der Waals surface area contributed by atoms with Gasteiger partial charge in [-0.05, 0) is 37.5 Å². The summed E-state index contributed by atoms with van der Waals surface area (Å²) in [5.41, 5.74) is 6.96. The second kappa shape index (κ2) is 5.66. The summed E-state index contributed by atoms with van der Waals surface area (Å²) in [6.07, 6.45) is 1.97. The van der Waals surface area contributed by atoms with Gasteiger partial charge >= 0.3 is 0 Å². The molecule has 0 saturated carbocycles. The molecule has 1 unspecified atom stereocenters. The van der Waals surface area contributed by atoms with Crippen LogP contribution < -0.4 is 10.5 Å². The Balaban J connectivity index is 2.36. The maximum absolute atomic E-state index is 5.62. The van der Waals surface area contributed by atoms with E-state index in [1.54, 1.807) is 0 Å². The SMILES string of the molecule is CCc1ccc(OCCC(C)N)cc1. The van der Waals surface area contributed by atoms with E-state index in [2.05, 4.69) is 19.1 Å². The molecule has 0 fully saturated rings. The molecule has 2 N–H and O–H groups in total. The molecule has 0 saturated heterocycles. The molecule has 1 aromatic carbocycles. The number of rotatable bonds is 5. The molecule has 1 rings (SSSR count). The van der Waals surface area contributed by atoms with E-state index in [0.29, 0.717) is 6.61 Å². The minimum absolute atomic E-state index is 0.213. The van der Waals surface area contributed by atoms with Crippen LogP contribution in [0.4, 0.5) is 0 Å². The van der Waals surface area contributed by atoms with E-state index in [0.717, 1.165) is 18.6 Å². The van der Waals surface area contributed by atoms with E-state index in [4.69, 9.17) is 10.5 Å². The number of hydrogen-bond acceptors (Lipinski definition) is 2. The summed E-state index contributed by atoms with van der Waals surface area (Å²) >= 11 is 0. The van der Waals surface area contributed by atoms with Crippen LogP contribution in [0.25, 0.3) is 0 Å². The molecule has 2 heteroatoms. The minimum atomic E-state index is 0.213. The fourth-order valence-corrected chi connectivity index (χ4v) is 1.18. The molecule has 0 bridgehead atoms. The first-order valence-corrected chi connectivity index (χ1v) is 5.19. The third-order valence-corrected chi connectivity index (χ3v) is 2.17. The monoisotopic (exact) mass is 193 g/mol. The van der Waals surface area contributed by atoms with Gasteiger partial charge in [0.1, 0.15) is 5.75 Å². The molecule has 0 amide bonds. The molecule has 78 valence electrons. The smallest absolute Gasteiger partial charge is 0.119 e. The Labute approximate surface area is 86.1 Å². The summed E-state index contributed by atoms with van der Waals surface area (Å²) in [5.74, 6) is 0.933. The maximum atomic E-state index is 5.62. The lowest BCUT2D eigenvalue weighted by Gasteiger charge is -2.08. The van der Waals surface area contributed by atoms with E-state index in [1.165, 1.54) is 5.56 Å². The van der Waals surface area contributed by atoms with Gasteiger partial charge in [-0.25, -0.2) is 0 Å². The van der Waals surface area contributed by atoms with E-state index in [1.807, 2.05) is 19.1 Å². The van der Waals surface area contributed by atoms with Crippen LogP contribution in [0.2, 0.25) is 0 Å². The Morgan fingerprint density at radius 1 is 1.29 bits per heavy atom. The van der Waals surface area contributed by atoms with Crippen LogP contribution in [0, 0.1) is 0 Å². The number of hydrogen-bond donors (Lipinski definition) is 1. The zero-order valence-electron chi connectivity index (χ0n) is 8.99. The van der Waals surface area contributed by atoms with Crippen LogP contribution in [0.1, 0.15) is 25.8 Å². The van der Waals surface area contributed by atoms with Crippen molar-refractivity contribution in [2.24, 2.45) is 5.73 Å². The zero-order chi connectivity index (χ0) is 10.4. The first-order chi connectivity index (χ1) is 6.72. The fourth-order valence-electron chi connectivity index (χ4n) is 1.18. The first-order valence-electron chi connectivity index (χ1n) is 5.19. The third kappa shape index (κ3) is 3.79. The summed E-state index contributed by atoms with van der Waals surface area (Å²) in [7, 11) is 0. The Morgan fingerprint density at radius 2 is 1.93 bits per heavy atom. The topological polar surface area (TPSA) is 35.2 Å². The van der Waals surface area contributed by atoms with E-state index in [9.17, 15) is 0 Å². The third-order valence-electron chi connectivity index (χ3n) is 2.17. The van der Waals surface area contributed by atoms with Crippen molar-refractivity contribution >= 4 is 0 Å². The molecule has 0 heterocycles. The lowest BCUT2D eigenvalue weighted by Crippen LogP contribution is -2.18.